The average molecular weight is 346 g/mol. The predicted octanol–water partition coefficient (Wildman–Crippen LogP) is 3.05. The van der Waals surface area contributed by atoms with Crippen molar-refractivity contribution in [2.75, 3.05) is 0 Å². The monoisotopic (exact) mass is 346 g/mol. The number of nitro groups is 1. The molecule has 4 saturated carbocycles. The molecule has 136 valence electrons. The van der Waals surface area contributed by atoms with Gasteiger partial charge in [0, 0.05) is 13.1 Å². The average Bonchev–Trinajstić information content (AvgIpc) is 2.93. The zero-order valence-electron chi connectivity index (χ0n) is 14.9. The molecule has 0 saturated heterocycles. The molecule has 1 N–H and O–H groups in total. The van der Waals surface area contributed by atoms with Crippen molar-refractivity contribution in [3.05, 3.63) is 22.0 Å². The number of amides is 1. The van der Waals surface area contributed by atoms with E-state index in [1.54, 1.807) is 7.05 Å². The van der Waals surface area contributed by atoms with Crippen LogP contribution in [-0.4, -0.2) is 26.7 Å². The fraction of sp³-hybridized carbons (Fsp3) is 0.778. The van der Waals surface area contributed by atoms with E-state index in [-0.39, 0.29) is 28.7 Å². The minimum Gasteiger partial charge on any atom is -0.347 e. The minimum atomic E-state index is -0.534. The third-order valence-corrected chi connectivity index (χ3v) is 6.87. The molecule has 7 nitrogen and oxygen atoms in total. The van der Waals surface area contributed by atoms with Crippen molar-refractivity contribution in [3.8, 4) is 0 Å². The van der Waals surface area contributed by atoms with Crippen molar-refractivity contribution in [2.45, 2.75) is 57.9 Å². The van der Waals surface area contributed by atoms with E-state index in [2.05, 4.69) is 17.3 Å². The van der Waals surface area contributed by atoms with Gasteiger partial charge in [-0.1, -0.05) is 6.92 Å². The Hall–Kier alpha value is -1.92. The SMILES string of the molecule is CC[C@@H](NC(=O)c1c([N+](=O)[O-])cnn1C)C12CC3CC(CC(C3)C1)C2. The molecule has 1 amide bonds. The molecule has 7 heteroatoms. The van der Waals surface area contributed by atoms with Gasteiger partial charge in [0.1, 0.15) is 6.20 Å². The Kier molecular flexibility index (Phi) is 3.85. The summed E-state index contributed by atoms with van der Waals surface area (Å²) in [6, 6.07) is 0.0860. The molecule has 1 heterocycles. The quantitative estimate of drug-likeness (QED) is 0.655. The van der Waals surface area contributed by atoms with Crippen molar-refractivity contribution in [2.24, 2.45) is 30.2 Å². The molecule has 1 aromatic heterocycles. The Balaban J connectivity index is 1.58. The van der Waals surface area contributed by atoms with Gasteiger partial charge in [-0.25, -0.2) is 0 Å². The van der Waals surface area contributed by atoms with Gasteiger partial charge < -0.3 is 5.32 Å². The number of hydrogen-bond donors (Lipinski definition) is 1. The lowest BCUT2D eigenvalue weighted by molar-refractivity contribution is -0.385. The molecule has 4 bridgehead atoms. The predicted molar refractivity (Wildman–Crippen MR) is 92.0 cm³/mol. The second-order valence-corrected chi connectivity index (χ2v) is 8.47. The Morgan fingerprint density at radius 2 is 1.92 bits per heavy atom. The number of rotatable bonds is 5. The molecule has 4 aliphatic carbocycles. The van der Waals surface area contributed by atoms with E-state index in [4.69, 9.17) is 0 Å². The molecule has 0 spiro atoms. The van der Waals surface area contributed by atoms with E-state index >= 15 is 0 Å². The Morgan fingerprint density at radius 3 is 2.40 bits per heavy atom. The molecule has 4 aliphatic rings. The van der Waals surface area contributed by atoms with Crippen LogP contribution in [0.5, 0.6) is 0 Å². The van der Waals surface area contributed by atoms with Crippen LogP contribution in [-0.2, 0) is 7.05 Å². The zero-order chi connectivity index (χ0) is 17.8. The summed E-state index contributed by atoms with van der Waals surface area (Å²) < 4.78 is 1.31. The molecule has 0 aromatic carbocycles. The maximum Gasteiger partial charge on any atom is 0.320 e. The van der Waals surface area contributed by atoms with Crippen LogP contribution in [0.1, 0.15) is 62.4 Å². The van der Waals surface area contributed by atoms with E-state index in [9.17, 15) is 14.9 Å². The van der Waals surface area contributed by atoms with Crippen molar-refractivity contribution in [1.29, 1.82) is 0 Å². The summed E-state index contributed by atoms with van der Waals surface area (Å²) in [5.41, 5.74) is 0.0144. The Bertz CT molecular complexity index is 676. The smallest absolute Gasteiger partial charge is 0.320 e. The highest BCUT2D eigenvalue weighted by molar-refractivity contribution is 5.96. The Morgan fingerprint density at radius 1 is 1.36 bits per heavy atom. The number of aromatic nitrogens is 2. The van der Waals surface area contributed by atoms with Gasteiger partial charge in [0.05, 0.1) is 4.92 Å². The Labute approximate surface area is 147 Å². The largest absolute Gasteiger partial charge is 0.347 e. The number of carbonyl (C=O) groups is 1. The summed E-state index contributed by atoms with van der Waals surface area (Å²) in [6.07, 6.45) is 9.69. The summed E-state index contributed by atoms with van der Waals surface area (Å²) in [4.78, 5) is 23.5. The third kappa shape index (κ3) is 2.64. The van der Waals surface area contributed by atoms with Crippen LogP contribution >= 0.6 is 0 Å². The van der Waals surface area contributed by atoms with Crippen molar-refractivity contribution in [3.63, 3.8) is 0 Å². The second-order valence-electron chi connectivity index (χ2n) is 8.47. The molecule has 0 radical (unpaired) electrons. The van der Waals surface area contributed by atoms with E-state index in [0.29, 0.717) is 0 Å². The van der Waals surface area contributed by atoms with Gasteiger partial charge in [-0.05, 0) is 68.1 Å². The van der Waals surface area contributed by atoms with Gasteiger partial charge in [-0.15, -0.1) is 0 Å². The first-order valence-electron chi connectivity index (χ1n) is 9.39. The lowest BCUT2D eigenvalue weighted by Crippen LogP contribution is -2.56. The van der Waals surface area contributed by atoms with Crippen LogP contribution in [0.25, 0.3) is 0 Å². The van der Waals surface area contributed by atoms with Crippen LogP contribution in [0, 0.1) is 33.3 Å². The normalized spacial score (nSPS) is 34.1. The topological polar surface area (TPSA) is 90.1 Å². The summed E-state index contributed by atoms with van der Waals surface area (Å²) in [5, 5.41) is 18.2. The molecule has 25 heavy (non-hydrogen) atoms. The molecule has 0 unspecified atom stereocenters. The first-order valence-corrected chi connectivity index (χ1v) is 9.39. The third-order valence-electron chi connectivity index (χ3n) is 6.87. The fourth-order valence-corrected chi connectivity index (χ4v) is 6.34. The summed E-state index contributed by atoms with van der Waals surface area (Å²) in [6.45, 7) is 2.11. The first-order chi connectivity index (χ1) is 11.9. The maximum absolute atomic E-state index is 12.8. The van der Waals surface area contributed by atoms with Gasteiger partial charge in [-0.2, -0.15) is 5.10 Å². The maximum atomic E-state index is 12.8. The van der Waals surface area contributed by atoms with Crippen molar-refractivity contribution >= 4 is 11.6 Å². The zero-order valence-corrected chi connectivity index (χ0v) is 14.9. The van der Waals surface area contributed by atoms with Gasteiger partial charge in [-0.3, -0.25) is 19.6 Å². The number of nitrogens with one attached hydrogen (secondary N) is 1. The molecule has 5 rings (SSSR count). The van der Waals surface area contributed by atoms with Gasteiger partial charge in [0.15, 0.2) is 0 Å². The van der Waals surface area contributed by atoms with Crippen LogP contribution < -0.4 is 5.32 Å². The van der Waals surface area contributed by atoms with E-state index in [1.807, 2.05) is 0 Å². The highest BCUT2D eigenvalue weighted by Crippen LogP contribution is 2.61. The minimum absolute atomic E-state index is 0.0492. The molecule has 1 aromatic rings. The molecule has 1 atom stereocenters. The van der Waals surface area contributed by atoms with E-state index in [1.165, 1.54) is 43.2 Å². The van der Waals surface area contributed by atoms with Crippen LogP contribution in [0.15, 0.2) is 6.20 Å². The molecule has 0 aliphatic heterocycles. The van der Waals surface area contributed by atoms with Gasteiger partial charge >= 0.3 is 5.69 Å². The second kappa shape index (κ2) is 5.81. The lowest BCUT2D eigenvalue weighted by atomic mass is 9.47. The number of aryl methyl sites for hydroxylation is 1. The van der Waals surface area contributed by atoms with Crippen LogP contribution in [0.3, 0.4) is 0 Å². The van der Waals surface area contributed by atoms with Crippen LogP contribution in [0.2, 0.25) is 0 Å². The number of nitrogens with zero attached hydrogens (tertiary/aromatic N) is 3. The highest BCUT2D eigenvalue weighted by atomic mass is 16.6. The fourth-order valence-electron chi connectivity index (χ4n) is 6.34. The number of carbonyl (C=O) groups excluding carboxylic acids is 1. The van der Waals surface area contributed by atoms with Crippen LogP contribution in [0.4, 0.5) is 5.69 Å². The number of hydrogen-bond acceptors (Lipinski definition) is 4. The van der Waals surface area contributed by atoms with Crippen molar-refractivity contribution < 1.29 is 9.72 Å². The molecule has 4 fully saturated rings. The first kappa shape index (κ1) is 16.5. The molecular weight excluding hydrogens is 320 g/mol. The van der Waals surface area contributed by atoms with E-state index in [0.717, 1.165) is 30.4 Å². The highest BCUT2D eigenvalue weighted by Gasteiger charge is 2.54. The van der Waals surface area contributed by atoms with Crippen molar-refractivity contribution in [1.82, 2.24) is 15.1 Å². The summed E-state index contributed by atoms with van der Waals surface area (Å²) in [7, 11) is 1.58. The molecular formula is C18H26N4O3. The lowest BCUT2D eigenvalue weighted by Gasteiger charge is -2.59. The standard InChI is InChI=1S/C18H26N4O3/c1-3-15(18-7-11-4-12(8-18)6-13(5-11)9-18)20-17(23)16-14(22(24)25)10-19-21(16)2/h10-13,15H,3-9H2,1-2H3,(H,20,23)/t11?,12?,13?,15-,18?/m1/s1. The van der Waals surface area contributed by atoms with E-state index < -0.39 is 4.92 Å². The van der Waals surface area contributed by atoms with Gasteiger partial charge in [0.2, 0.25) is 5.69 Å². The summed E-state index contributed by atoms with van der Waals surface area (Å²) in [5.74, 6) is 2.06. The van der Waals surface area contributed by atoms with Gasteiger partial charge in [0.25, 0.3) is 5.91 Å². The summed E-state index contributed by atoms with van der Waals surface area (Å²) >= 11 is 0.